The van der Waals surface area contributed by atoms with Gasteiger partial charge in [0.2, 0.25) is 0 Å². The van der Waals surface area contributed by atoms with Crippen molar-refractivity contribution in [1.29, 1.82) is 0 Å². The Kier molecular flexibility index (Phi) is 2.60. The number of hydrogen-bond donors (Lipinski definition) is 1. The van der Waals surface area contributed by atoms with Crippen molar-refractivity contribution in [3.63, 3.8) is 0 Å². The number of pyridine rings is 1. The Balaban J connectivity index is 2.08. The molecular weight excluding hydrogens is 216 g/mol. The highest BCUT2D eigenvalue weighted by Crippen LogP contribution is 2.22. The minimum atomic E-state index is 0.389. The number of aldehydes is 1. The lowest BCUT2D eigenvalue weighted by atomic mass is 9.99. The van der Waals surface area contributed by atoms with Crippen molar-refractivity contribution >= 4 is 11.9 Å². The third-order valence-corrected chi connectivity index (χ3v) is 3.28. The second kappa shape index (κ2) is 4.25. The van der Waals surface area contributed by atoms with Crippen molar-refractivity contribution in [2.45, 2.75) is 18.8 Å². The van der Waals surface area contributed by atoms with Gasteiger partial charge >= 0.3 is 0 Å². The number of rotatable bonds is 2. The first kappa shape index (κ1) is 10.4. The van der Waals surface area contributed by atoms with Crippen LogP contribution in [-0.4, -0.2) is 34.0 Å². The quantitative estimate of drug-likeness (QED) is 0.782. The SMILES string of the molecule is O=Cc1cccn2c(C3CCCNC3)nnc12. The fourth-order valence-corrected chi connectivity index (χ4v) is 2.40. The van der Waals surface area contributed by atoms with E-state index in [9.17, 15) is 4.79 Å². The van der Waals surface area contributed by atoms with Gasteiger partial charge in [0.05, 0.1) is 5.56 Å². The van der Waals surface area contributed by atoms with E-state index < -0.39 is 0 Å². The van der Waals surface area contributed by atoms with Gasteiger partial charge < -0.3 is 5.32 Å². The topological polar surface area (TPSA) is 59.3 Å². The molecule has 0 amide bonds. The molecule has 1 atom stereocenters. The lowest BCUT2D eigenvalue weighted by Gasteiger charge is -2.21. The van der Waals surface area contributed by atoms with Crippen molar-refractivity contribution in [3.8, 4) is 0 Å². The summed E-state index contributed by atoms with van der Waals surface area (Å²) >= 11 is 0. The van der Waals surface area contributed by atoms with E-state index in [0.29, 0.717) is 17.1 Å². The third-order valence-electron chi connectivity index (χ3n) is 3.28. The van der Waals surface area contributed by atoms with Crippen LogP contribution in [0, 0.1) is 0 Å². The predicted molar refractivity (Wildman–Crippen MR) is 63.2 cm³/mol. The summed E-state index contributed by atoms with van der Waals surface area (Å²) in [6.45, 7) is 2.01. The number of fused-ring (bicyclic) bond motifs is 1. The lowest BCUT2D eigenvalue weighted by Crippen LogP contribution is -2.29. The summed E-state index contributed by atoms with van der Waals surface area (Å²) in [5.41, 5.74) is 1.25. The number of piperidine rings is 1. The monoisotopic (exact) mass is 230 g/mol. The van der Waals surface area contributed by atoms with Crippen LogP contribution in [0.15, 0.2) is 18.3 Å². The number of hydrogen-bond acceptors (Lipinski definition) is 4. The van der Waals surface area contributed by atoms with Crippen molar-refractivity contribution in [2.24, 2.45) is 0 Å². The molecule has 88 valence electrons. The van der Waals surface area contributed by atoms with Gasteiger partial charge in [-0.15, -0.1) is 10.2 Å². The van der Waals surface area contributed by atoms with Gasteiger partial charge in [-0.05, 0) is 31.5 Å². The molecule has 0 aliphatic carbocycles. The van der Waals surface area contributed by atoms with E-state index in [-0.39, 0.29) is 0 Å². The average molecular weight is 230 g/mol. The summed E-state index contributed by atoms with van der Waals surface area (Å²) in [5.74, 6) is 1.34. The van der Waals surface area contributed by atoms with Crippen LogP contribution in [0.25, 0.3) is 5.65 Å². The second-order valence-electron chi connectivity index (χ2n) is 4.38. The first-order valence-corrected chi connectivity index (χ1v) is 5.89. The van der Waals surface area contributed by atoms with Crippen molar-refractivity contribution in [1.82, 2.24) is 19.9 Å². The minimum Gasteiger partial charge on any atom is -0.316 e. The maximum Gasteiger partial charge on any atom is 0.171 e. The van der Waals surface area contributed by atoms with Crippen LogP contribution < -0.4 is 5.32 Å². The van der Waals surface area contributed by atoms with E-state index in [1.807, 2.05) is 16.7 Å². The molecule has 1 aliphatic rings. The Morgan fingerprint density at radius 1 is 1.47 bits per heavy atom. The maximum atomic E-state index is 10.9. The number of carbonyl (C=O) groups is 1. The summed E-state index contributed by atoms with van der Waals surface area (Å²) < 4.78 is 1.93. The fourth-order valence-electron chi connectivity index (χ4n) is 2.40. The van der Waals surface area contributed by atoms with E-state index >= 15 is 0 Å². The molecule has 5 nitrogen and oxygen atoms in total. The normalized spacial score (nSPS) is 20.6. The molecule has 17 heavy (non-hydrogen) atoms. The highest BCUT2D eigenvalue weighted by atomic mass is 16.1. The Bertz CT molecular complexity index is 542. The minimum absolute atomic E-state index is 0.389. The van der Waals surface area contributed by atoms with E-state index in [2.05, 4.69) is 15.5 Å². The molecule has 0 spiro atoms. The van der Waals surface area contributed by atoms with Crippen LogP contribution in [0.2, 0.25) is 0 Å². The van der Waals surface area contributed by atoms with Crippen LogP contribution in [0.5, 0.6) is 0 Å². The highest BCUT2D eigenvalue weighted by molar-refractivity contribution is 5.83. The zero-order chi connectivity index (χ0) is 11.7. The summed E-state index contributed by atoms with van der Waals surface area (Å²) in [7, 11) is 0. The van der Waals surface area contributed by atoms with Gasteiger partial charge in [-0.2, -0.15) is 0 Å². The molecule has 2 aromatic heterocycles. The summed E-state index contributed by atoms with van der Waals surface area (Å²) in [6.07, 6.45) is 5.03. The van der Waals surface area contributed by atoms with Crippen molar-refractivity contribution in [3.05, 3.63) is 29.7 Å². The Morgan fingerprint density at radius 2 is 2.41 bits per heavy atom. The van der Waals surface area contributed by atoms with Crippen LogP contribution in [0.3, 0.4) is 0 Å². The van der Waals surface area contributed by atoms with Gasteiger partial charge in [0, 0.05) is 18.7 Å². The molecule has 2 aromatic rings. The van der Waals surface area contributed by atoms with Crippen molar-refractivity contribution < 1.29 is 4.79 Å². The van der Waals surface area contributed by atoms with Crippen LogP contribution in [0.1, 0.15) is 34.9 Å². The number of nitrogens with one attached hydrogen (secondary N) is 1. The predicted octanol–water partition coefficient (Wildman–Crippen LogP) is 1.01. The van der Waals surface area contributed by atoms with Gasteiger partial charge in [0.15, 0.2) is 11.9 Å². The molecule has 0 radical (unpaired) electrons. The van der Waals surface area contributed by atoms with Crippen LogP contribution in [0.4, 0.5) is 0 Å². The number of nitrogens with zero attached hydrogens (tertiary/aromatic N) is 3. The van der Waals surface area contributed by atoms with Gasteiger partial charge in [0.25, 0.3) is 0 Å². The Morgan fingerprint density at radius 3 is 3.18 bits per heavy atom. The van der Waals surface area contributed by atoms with E-state index in [1.54, 1.807) is 6.07 Å². The van der Waals surface area contributed by atoms with E-state index in [1.165, 1.54) is 0 Å². The molecule has 1 unspecified atom stereocenters. The molecule has 1 N–H and O–H groups in total. The summed E-state index contributed by atoms with van der Waals surface area (Å²) in [5, 5.41) is 11.7. The van der Waals surface area contributed by atoms with Crippen LogP contribution >= 0.6 is 0 Å². The summed E-state index contributed by atoms with van der Waals surface area (Å²) in [4.78, 5) is 10.9. The van der Waals surface area contributed by atoms with Crippen LogP contribution in [-0.2, 0) is 0 Å². The molecule has 1 saturated heterocycles. The zero-order valence-corrected chi connectivity index (χ0v) is 9.47. The van der Waals surface area contributed by atoms with Crippen molar-refractivity contribution in [2.75, 3.05) is 13.1 Å². The summed E-state index contributed by atoms with van der Waals surface area (Å²) in [6, 6.07) is 3.62. The standard InChI is InChI=1S/C12H14N4O/c17-8-10-4-2-6-16-11(14-15-12(10)16)9-3-1-5-13-7-9/h2,4,6,8-9,13H,1,3,5,7H2. The number of carbonyl (C=O) groups excluding carboxylic acids is 1. The zero-order valence-electron chi connectivity index (χ0n) is 9.47. The first-order valence-electron chi connectivity index (χ1n) is 5.89. The lowest BCUT2D eigenvalue weighted by molar-refractivity contribution is 0.112. The second-order valence-corrected chi connectivity index (χ2v) is 4.38. The molecule has 5 heteroatoms. The molecule has 3 heterocycles. The smallest absolute Gasteiger partial charge is 0.171 e. The first-order chi connectivity index (χ1) is 8.40. The molecule has 0 aromatic carbocycles. The maximum absolute atomic E-state index is 10.9. The number of aromatic nitrogens is 3. The van der Waals surface area contributed by atoms with E-state index in [0.717, 1.165) is 38.0 Å². The Labute approximate surface area is 98.9 Å². The molecule has 3 rings (SSSR count). The molecule has 1 aliphatic heterocycles. The highest BCUT2D eigenvalue weighted by Gasteiger charge is 2.21. The molecule has 0 bridgehead atoms. The molecule has 0 saturated carbocycles. The molecular formula is C12H14N4O. The van der Waals surface area contributed by atoms with Gasteiger partial charge in [0.1, 0.15) is 5.82 Å². The van der Waals surface area contributed by atoms with Gasteiger partial charge in [-0.25, -0.2) is 0 Å². The fraction of sp³-hybridized carbons (Fsp3) is 0.417. The largest absolute Gasteiger partial charge is 0.316 e. The Hall–Kier alpha value is -1.75. The average Bonchev–Trinajstić information content (AvgIpc) is 2.83. The van der Waals surface area contributed by atoms with Gasteiger partial charge in [-0.1, -0.05) is 0 Å². The molecule has 1 fully saturated rings. The van der Waals surface area contributed by atoms with E-state index in [4.69, 9.17) is 0 Å². The van der Waals surface area contributed by atoms with Gasteiger partial charge in [-0.3, -0.25) is 9.20 Å². The third kappa shape index (κ3) is 1.72.